The maximum Gasteiger partial charge on any atom is 0.223 e. The van der Waals surface area contributed by atoms with Gasteiger partial charge in [-0.2, -0.15) is 0 Å². The number of rotatable bonds is 6. The Morgan fingerprint density at radius 1 is 0.700 bits per heavy atom. The molecule has 3 rings (SSSR count). The highest BCUT2D eigenvalue weighted by Gasteiger charge is 2.31. The monoisotopic (exact) mass is 406 g/mol. The first kappa shape index (κ1) is 22.1. The van der Waals surface area contributed by atoms with Crippen LogP contribution in [0.1, 0.15) is 73.9 Å². The van der Waals surface area contributed by atoms with Crippen molar-refractivity contribution in [3.8, 4) is 0 Å². The van der Waals surface area contributed by atoms with Crippen LogP contribution in [0.2, 0.25) is 0 Å². The van der Waals surface area contributed by atoms with E-state index in [0.29, 0.717) is 0 Å². The molecule has 0 radical (unpaired) electrons. The van der Waals surface area contributed by atoms with E-state index in [1.807, 2.05) is 38.1 Å². The van der Waals surface area contributed by atoms with Crippen LogP contribution in [-0.4, -0.2) is 11.8 Å². The average Bonchev–Trinajstić information content (AvgIpc) is 2.74. The highest BCUT2D eigenvalue weighted by Crippen LogP contribution is 2.30. The molecule has 0 spiro atoms. The predicted octanol–water partition coefficient (Wildman–Crippen LogP) is 5.16. The first-order valence-corrected chi connectivity index (χ1v) is 11.1. The highest BCUT2D eigenvalue weighted by atomic mass is 16.2. The van der Waals surface area contributed by atoms with E-state index >= 15 is 0 Å². The summed E-state index contributed by atoms with van der Waals surface area (Å²) in [5, 5.41) is 6.34. The molecule has 2 N–H and O–H groups in total. The summed E-state index contributed by atoms with van der Waals surface area (Å²) in [7, 11) is 0. The van der Waals surface area contributed by atoms with Crippen molar-refractivity contribution < 1.29 is 9.59 Å². The van der Waals surface area contributed by atoms with Gasteiger partial charge >= 0.3 is 0 Å². The molecule has 2 aromatic rings. The van der Waals surface area contributed by atoms with Gasteiger partial charge in [-0.3, -0.25) is 9.59 Å². The van der Waals surface area contributed by atoms with Crippen molar-refractivity contribution in [3.05, 3.63) is 70.8 Å². The van der Waals surface area contributed by atoms with Gasteiger partial charge in [0.2, 0.25) is 11.8 Å². The van der Waals surface area contributed by atoms with E-state index in [4.69, 9.17) is 0 Å². The fraction of sp³-hybridized carbons (Fsp3) is 0.462. The van der Waals surface area contributed by atoms with Gasteiger partial charge in [0, 0.05) is 11.8 Å². The Labute approximate surface area is 180 Å². The van der Waals surface area contributed by atoms with Gasteiger partial charge in [-0.25, -0.2) is 0 Å². The van der Waals surface area contributed by atoms with Crippen LogP contribution in [0.4, 0.5) is 0 Å². The van der Waals surface area contributed by atoms with Gasteiger partial charge in [0.15, 0.2) is 0 Å². The fourth-order valence-corrected chi connectivity index (χ4v) is 4.58. The standard InChI is InChI=1S/C26H34N2O2/c1-17-9-5-7-11-23(17)19(3)27-25(29)21-13-15-22(16-14-21)26(30)28-20(4)24-12-8-6-10-18(24)2/h5-12,19-22H,13-16H2,1-4H3,(H,27,29)(H,28,30). The number of aryl methyl sites for hydroxylation is 2. The average molecular weight is 407 g/mol. The molecule has 2 unspecified atom stereocenters. The second-order valence-electron chi connectivity index (χ2n) is 8.72. The molecule has 0 saturated heterocycles. The molecule has 4 nitrogen and oxygen atoms in total. The number of carbonyl (C=O) groups excluding carboxylic acids is 2. The molecule has 1 aliphatic carbocycles. The van der Waals surface area contributed by atoms with Crippen molar-refractivity contribution in [2.75, 3.05) is 0 Å². The quantitative estimate of drug-likeness (QED) is 0.696. The van der Waals surface area contributed by atoms with Gasteiger partial charge in [0.25, 0.3) is 0 Å². The van der Waals surface area contributed by atoms with E-state index in [-0.39, 0.29) is 35.7 Å². The Balaban J connectivity index is 1.49. The Hall–Kier alpha value is -2.62. The summed E-state index contributed by atoms with van der Waals surface area (Å²) in [6.07, 6.45) is 3.07. The van der Waals surface area contributed by atoms with Crippen molar-refractivity contribution in [2.45, 2.75) is 65.5 Å². The van der Waals surface area contributed by atoms with Gasteiger partial charge < -0.3 is 10.6 Å². The highest BCUT2D eigenvalue weighted by molar-refractivity contribution is 5.81. The molecule has 0 bridgehead atoms. The van der Waals surface area contributed by atoms with Crippen molar-refractivity contribution >= 4 is 11.8 Å². The van der Waals surface area contributed by atoms with E-state index in [1.165, 1.54) is 11.1 Å². The van der Waals surface area contributed by atoms with Crippen LogP contribution >= 0.6 is 0 Å². The van der Waals surface area contributed by atoms with Crippen LogP contribution in [0.5, 0.6) is 0 Å². The lowest BCUT2D eigenvalue weighted by Crippen LogP contribution is -2.39. The van der Waals surface area contributed by atoms with E-state index < -0.39 is 0 Å². The zero-order valence-corrected chi connectivity index (χ0v) is 18.6. The summed E-state index contributed by atoms with van der Waals surface area (Å²) in [5.74, 6) is 0.208. The van der Waals surface area contributed by atoms with Gasteiger partial charge in [-0.05, 0) is 75.6 Å². The number of amides is 2. The first-order chi connectivity index (χ1) is 14.4. The van der Waals surface area contributed by atoms with E-state index in [1.54, 1.807) is 0 Å². The van der Waals surface area contributed by atoms with Crippen molar-refractivity contribution in [1.82, 2.24) is 10.6 Å². The molecule has 1 fully saturated rings. The second-order valence-corrected chi connectivity index (χ2v) is 8.72. The molecule has 1 aliphatic rings. The predicted molar refractivity (Wildman–Crippen MR) is 121 cm³/mol. The summed E-state index contributed by atoms with van der Waals surface area (Å²) in [4.78, 5) is 25.5. The van der Waals surface area contributed by atoms with Gasteiger partial charge in [-0.1, -0.05) is 48.5 Å². The largest absolute Gasteiger partial charge is 0.349 e. The minimum absolute atomic E-state index is 0.00492. The molecule has 0 aliphatic heterocycles. The SMILES string of the molecule is Cc1ccccc1C(C)NC(=O)C1CCC(C(=O)NC(C)c2ccccc2C)CC1. The number of carbonyl (C=O) groups is 2. The van der Waals surface area contributed by atoms with Crippen LogP contribution in [0, 0.1) is 25.7 Å². The zero-order chi connectivity index (χ0) is 21.7. The zero-order valence-electron chi connectivity index (χ0n) is 18.6. The molecule has 2 amide bonds. The summed E-state index contributed by atoms with van der Waals surface area (Å²) in [6, 6.07) is 16.3. The molecular weight excluding hydrogens is 372 g/mol. The smallest absolute Gasteiger partial charge is 0.223 e. The van der Waals surface area contributed by atoms with Crippen LogP contribution in [0.15, 0.2) is 48.5 Å². The number of nitrogens with one attached hydrogen (secondary N) is 2. The molecule has 30 heavy (non-hydrogen) atoms. The van der Waals surface area contributed by atoms with Crippen LogP contribution in [0.3, 0.4) is 0 Å². The lowest BCUT2D eigenvalue weighted by molar-refractivity contribution is -0.131. The maximum absolute atomic E-state index is 12.8. The molecule has 2 aromatic carbocycles. The lowest BCUT2D eigenvalue weighted by atomic mass is 9.80. The summed E-state index contributed by atoms with van der Waals surface area (Å²) < 4.78 is 0. The molecule has 4 heteroatoms. The molecule has 160 valence electrons. The minimum atomic E-state index is -0.00527. The van der Waals surface area contributed by atoms with E-state index in [2.05, 4.69) is 48.7 Å². The Kier molecular flexibility index (Phi) is 7.30. The number of hydrogen-bond donors (Lipinski definition) is 2. The Morgan fingerprint density at radius 3 is 1.37 bits per heavy atom. The third-order valence-electron chi connectivity index (χ3n) is 6.50. The topological polar surface area (TPSA) is 58.2 Å². The number of hydrogen-bond acceptors (Lipinski definition) is 2. The fourth-order valence-electron chi connectivity index (χ4n) is 4.58. The maximum atomic E-state index is 12.8. The third kappa shape index (κ3) is 5.29. The van der Waals surface area contributed by atoms with Crippen molar-refractivity contribution in [2.24, 2.45) is 11.8 Å². The lowest BCUT2D eigenvalue weighted by Gasteiger charge is -2.29. The Morgan fingerprint density at radius 2 is 1.03 bits per heavy atom. The van der Waals surface area contributed by atoms with Gasteiger partial charge in [-0.15, -0.1) is 0 Å². The molecule has 2 atom stereocenters. The van der Waals surface area contributed by atoms with Crippen molar-refractivity contribution in [1.29, 1.82) is 0 Å². The van der Waals surface area contributed by atoms with E-state index in [0.717, 1.165) is 36.8 Å². The van der Waals surface area contributed by atoms with E-state index in [9.17, 15) is 9.59 Å². The normalized spacial score (nSPS) is 20.8. The summed E-state index contributed by atoms with van der Waals surface area (Å²) in [6.45, 7) is 8.21. The molecule has 1 saturated carbocycles. The summed E-state index contributed by atoms with van der Waals surface area (Å²) in [5.41, 5.74) is 4.69. The molecular formula is C26H34N2O2. The van der Waals surface area contributed by atoms with Crippen LogP contribution in [-0.2, 0) is 9.59 Å². The number of benzene rings is 2. The van der Waals surface area contributed by atoms with Gasteiger partial charge in [0.05, 0.1) is 12.1 Å². The minimum Gasteiger partial charge on any atom is -0.349 e. The second kappa shape index (κ2) is 9.92. The summed E-state index contributed by atoms with van der Waals surface area (Å²) >= 11 is 0. The van der Waals surface area contributed by atoms with Crippen LogP contribution < -0.4 is 10.6 Å². The molecule has 0 aromatic heterocycles. The molecule has 0 heterocycles. The first-order valence-electron chi connectivity index (χ1n) is 11.1. The van der Waals surface area contributed by atoms with Crippen molar-refractivity contribution in [3.63, 3.8) is 0 Å². The van der Waals surface area contributed by atoms with Crippen LogP contribution in [0.25, 0.3) is 0 Å². The Bertz CT molecular complexity index is 811. The van der Waals surface area contributed by atoms with Gasteiger partial charge in [0.1, 0.15) is 0 Å². The third-order valence-corrected chi connectivity index (χ3v) is 6.50.